The largest absolute Gasteiger partial charge is 0.489 e. The number of hydrogen-bond donors (Lipinski definition) is 1. The Kier molecular flexibility index (Phi) is 8.45. The second kappa shape index (κ2) is 12.7. The minimum absolute atomic E-state index is 0.153. The highest BCUT2D eigenvalue weighted by Gasteiger charge is 2.12. The molecule has 0 saturated carbocycles. The number of carbonyl (C=O) groups is 1. The molecule has 0 aliphatic rings. The van der Waals surface area contributed by atoms with Gasteiger partial charge in [0.25, 0.3) is 5.91 Å². The fourth-order valence-electron chi connectivity index (χ4n) is 3.75. The molecular formula is C31H25BrN4O3. The van der Waals surface area contributed by atoms with E-state index in [2.05, 4.69) is 26.5 Å². The first-order valence-corrected chi connectivity index (χ1v) is 13.1. The van der Waals surface area contributed by atoms with E-state index in [1.54, 1.807) is 23.0 Å². The van der Waals surface area contributed by atoms with Crippen LogP contribution in [0.3, 0.4) is 0 Å². The Bertz CT molecular complexity index is 1540. The summed E-state index contributed by atoms with van der Waals surface area (Å²) in [6.07, 6.45) is 3.46. The lowest BCUT2D eigenvalue weighted by Gasteiger charge is -2.07. The van der Waals surface area contributed by atoms with Gasteiger partial charge in [-0.25, -0.2) is 10.1 Å². The number of aromatic nitrogens is 2. The molecule has 0 atom stereocenters. The predicted octanol–water partition coefficient (Wildman–Crippen LogP) is 6.41. The van der Waals surface area contributed by atoms with Crippen LogP contribution in [0.4, 0.5) is 0 Å². The number of benzene rings is 4. The first-order valence-electron chi connectivity index (χ1n) is 12.3. The van der Waals surface area contributed by atoms with Crippen LogP contribution in [0, 0.1) is 0 Å². The van der Waals surface area contributed by atoms with E-state index < -0.39 is 0 Å². The Morgan fingerprint density at radius 3 is 2.21 bits per heavy atom. The molecule has 0 aliphatic heterocycles. The third-order valence-corrected chi connectivity index (χ3v) is 6.24. The minimum atomic E-state index is -0.369. The van der Waals surface area contributed by atoms with Gasteiger partial charge in [0.15, 0.2) is 6.61 Å². The fraction of sp³-hybridized carbons (Fsp3) is 0.0645. The molecule has 1 N–H and O–H groups in total. The average Bonchev–Trinajstić information content (AvgIpc) is 3.41. The molecule has 4 aromatic carbocycles. The number of carbonyl (C=O) groups excluding carboxylic acids is 1. The molecule has 7 nitrogen and oxygen atoms in total. The van der Waals surface area contributed by atoms with E-state index in [-0.39, 0.29) is 12.5 Å². The molecule has 1 amide bonds. The van der Waals surface area contributed by atoms with Gasteiger partial charge in [-0.05, 0) is 66.2 Å². The van der Waals surface area contributed by atoms with Crippen LogP contribution < -0.4 is 14.9 Å². The van der Waals surface area contributed by atoms with Crippen LogP contribution in [-0.4, -0.2) is 28.5 Å². The maximum absolute atomic E-state index is 12.3. The normalized spacial score (nSPS) is 10.9. The van der Waals surface area contributed by atoms with Crippen LogP contribution in [0.1, 0.15) is 11.1 Å². The highest BCUT2D eigenvalue weighted by Crippen LogP contribution is 2.25. The Hall–Kier alpha value is -4.69. The lowest BCUT2D eigenvalue weighted by Crippen LogP contribution is -2.24. The number of halogens is 1. The number of amides is 1. The number of rotatable bonds is 10. The zero-order chi connectivity index (χ0) is 26.9. The van der Waals surface area contributed by atoms with Gasteiger partial charge in [-0.1, -0.05) is 64.5 Å². The zero-order valence-corrected chi connectivity index (χ0v) is 22.5. The Balaban J connectivity index is 1.29. The van der Waals surface area contributed by atoms with Crippen LogP contribution in [0.2, 0.25) is 0 Å². The molecule has 0 saturated heterocycles. The molecule has 5 aromatic rings. The van der Waals surface area contributed by atoms with Gasteiger partial charge in [0.1, 0.15) is 23.8 Å². The molecule has 1 aromatic heterocycles. The fourth-order valence-corrected chi connectivity index (χ4v) is 4.02. The van der Waals surface area contributed by atoms with E-state index in [1.165, 1.54) is 0 Å². The zero-order valence-electron chi connectivity index (χ0n) is 20.9. The summed E-state index contributed by atoms with van der Waals surface area (Å²) in [6.45, 7) is 0.339. The maximum atomic E-state index is 12.3. The van der Waals surface area contributed by atoms with Crippen molar-refractivity contribution >= 4 is 28.1 Å². The van der Waals surface area contributed by atoms with Gasteiger partial charge >= 0.3 is 0 Å². The quantitative estimate of drug-likeness (QED) is 0.153. The average molecular weight is 581 g/mol. The van der Waals surface area contributed by atoms with E-state index in [1.807, 2.05) is 103 Å². The summed E-state index contributed by atoms with van der Waals surface area (Å²) in [5.74, 6) is 0.990. The van der Waals surface area contributed by atoms with Crippen molar-refractivity contribution in [2.45, 2.75) is 6.61 Å². The van der Waals surface area contributed by atoms with Crippen molar-refractivity contribution in [1.82, 2.24) is 15.2 Å². The molecule has 5 rings (SSSR count). The molecule has 8 heteroatoms. The number of ether oxygens (including phenoxy) is 2. The van der Waals surface area contributed by atoms with Crippen molar-refractivity contribution in [3.63, 3.8) is 0 Å². The van der Waals surface area contributed by atoms with E-state index in [0.29, 0.717) is 12.4 Å². The van der Waals surface area contributed by atoms with Crippen molar-refractivity contribution in [2.75, 3.05) is 6.61 Å². The summed E-state index contributed by atoms with van der Waals surface area (Å²) in [7, 11) is 0. The minimum Gasteiger partial charge on any atom is -0.489 e. The molecule has 0 aliphatic carbocycles. The third-order valence-electron chi connectivity index (χ3n) is 5.72. The standard InChI is InChI=1S/C31H25BrN4O3/c32-26-13-17-29(18-14-26)39-22-30(37)34-33-19-25-20-36(27-9-5-2-6-10-27)35-31(25)24-11-15-28(16-12-24)38-21-23-7-3-1-4-8-23/h1-20H,21-22H2,(H,34,37)/b33-19-. The molecule has 0 fully saturated rings. The Morgan fingerprint density at radius 2 is 1.49 bits per heavy atom. The van der Waals surface area contributed by atoms with Crippen molar-refractivity contribution in [3.05, 3.63) is 131 Å². The summed E-state index contributed by atoms with van der Waals surface area (Å²) < 4.78 is 14.2. The summed E-state index contributed by atoms with van der Waals surface area (Å²) in [6, 6.07) is 34.8. The van der Waals surface area contributed by atoms with Gasteiger partial charge in [0.2, 0.25) is 0 Å². The molecule has 0 radical (unpaired) electrons. The molecule has 39 heavy (non-hydrogen) atoms. The number of hydrazone groups is 1. The smallest absolute Gasteiger partial charge is 0.277 e. The Labute approximate surface area is 234 Å². The molecule has 0 unspecified atom stereocenters. The van der Waals surface area contributed by atoms with Gasteiger partial charge in [0.05, 0.1) is 11.9 Å². The predicted molar refractivity (Wildman–Crippen MR) is 155 cm³/mol. The molecule has 0 bridgehead atoms. The van der Waals surface area contributed by atoms with Gasteiger partial charge in [-0.3, -0.25) is 4.79 Å². The number of para-hydroxylation sites is 1. The lowest BCUT2D eigenvalue weighted by atomic mass is 10.1. The van der Waals surface area contributed by atoms with Gasteiger partial charge in [0, 0.05) is 21.8 Å². The van der Waals surface area contributed by atoms with E-state index in [0.717, 1.165) is 38.3 Å². The lowest BCUT2D eigenvalue weighted by molar-refractivity contribution is -0.123. The van der Waals surface area contributed by atoms with Crippen molar-refractivity contribution < 1.29 is 14.3 Å². The van der Waals surface area contributed by atoms with Crippen LogP contribution in [0.15, 0.2) is 125 Å². The maximum Gasteiger partial charge on any atom is 0.277 e. The van der Waals surface area contributed by atoms with Crippen molar-refractivity contribution in [2.24, 2.45) is 5.10 Å². The highest BCUT2D eigenvalue weighted by atomic mass is 79.9. The van der Waals surface area contributed by atoms with Crippen molar-refractivity contribution in [3.8, 4) is 28.4 Å². The van der Waals surface area contributed by atoms with Crippen LogP contribution in [0.25, 0.3) is 16.9 Å². The van der Waals surface area contributed by atoms with Gasteiger partial charge in [-0.15, -0.1) is 0 Å². The number of nitrogens with one attached hydrogen (secondary N) is 1. The topological polar surface area (TPSA) is 77.7 Å². The first kappa shape index (κ1) is 25.9. The van der Waals surface area contributed by atoms with Gasteiger partial charge < -0.3 is 9.47 Å². The molecule has 0 spiro atoms. The third kappa shape index (κ3) is 7.21. The SMILES string of the molecule is O=C(COc1ccc(Br)cc1)N/N=C\c1cn(-c2ccccc2)nc1-c1ccc(OCc2ccccc2)cc1. The highest BCUT2D eigenvalue weighted by molar-refractivity contribution is 9.10. The monoisotopic (exact) mass is 580 g/mol. The second-order valence-electron chi connectivity index (χ2n) is 8.55. The van der Waals surface area contributed by atoms with Crippen LogP contribution >= 0.6 is 15.9 Å². The first-order chi connectivity index (χ1) is 19.1. The van der Waals surface area contributed by atoms with E-state index in [9.17, 15) is 4.79 Å². The van der Waals surface area contributed by atoms with Crippen LogP contribution in [-0.2, 0) is 11.4 Å². The van der Waals surface area contributed by atoms with Crippen molar-refractivity contribution in [1.29, 1.82) is 0 Å². The summed E-state index contributed by atoms with van der Waals surface area (Å²) in [5.41, 5.74) is 6.89. The second-order valence-corrected chi connectivity index (χ2v) is 9.46. The summed E-state index contributed by atoms with van der Waals surface area (Å²) >= 11 is 3.37. The van der Waals surface area contributed by atoms with Gasteiger partial charge in [-0.2, -0.15) is 10.2 Å². The van der Waals surface area contributed by atoms with E-state index in [4.69, 9.17) is 14.6 Å². The van der Waals surface area contributed by atoms with E-state index >= 15 is 0 Å². The molecule has 194 valence electrons. The van der Waals surface area contributed by atoms with Crippen LogP contribution in [0.5, 0.6) is 11.5 Å². The summed E-state index contributed by atoms with van der Waals surface area (Å²) in [5, 5.41) is 8.95. The molecular weight excluding hydrogens is 556 g/mol. The number of nitrogens with zero attached hydrogens (tertiary/aromatic N) is 3. The Morgan fingerprint density at radius 1 is 0.846 bits per heavy atom. The number of hydrogen-bond acceptors (Lipinski definition) is 5. The molecule has 1 heterocycles. The summed E-state index contributed by atoms with van der Waals surface area (Å²) in [4.78, 5) is 12.3.